The minimum absolute atomic E-state index is 0.239. The second-order valence-corrected chi connectivity index (χ2v) is 7.40. The van der Waals surface area contributed by atoms with Gasteiger partial charge in [0, 0.05) is 42.1 Å². The first-order chi connectivity index (χ1) is 13.5. The maximum absolute atomic E-state index is 11.1. The van der Waals surface area contributed by atoms with Crippen molar-refractivity contribution in [1.82, 2.24) is 24.6 Å². The lowest BCUT2D eigenvalue weighted by atomic mass is 10.2. The number of hydrogen-bond acceptors (Lipinski definition) is 6. The lowest BCUT2D eigenvalue weighted by molar-refractivity contribution is 0.142. The van der Waals surface area contributed by atoms with Crippen LogP contribution in [0.15, 0.2) is 28.9 Å². The van der Waals surface area contributed by atoms with Crippen LogP contribution in [0.3, 0.4) is 0 Å². The van der Waals surface area contributed by atoms with E-state index in [1.54, 1.807) is 10.9 Å². The van der Waals surface area contributed by atoms with Crippen molar-refractivity contribution in [1.29, 1.82) is 0 Å². The predicted molar refractivity (Wildman–Crippen MR) is 107 cm³/mol. The highest BCUT2D eigenvalue weighted by atomic mass is 79.9. The molecule has 0 aliphatic carbocycles. The molecular weight excluding hydrogens is 428 g/mol. The molecule has 1 aliphatic rings. The highest BCUT2D eigenvalue weighted by Gasteiger charge is 2.23. The van der Waals surface area contributed by atoms with Gasteiger partial charge in [0.2, 0.25) is 0 Å². The molecule has 1 amide bonds. The summed E-state index contributed by atoms with van der Waals surface area (Å²) in [6, 6.07) is 6.16. The molecule has 1 fully saturated rings. The summed E-state index contributed by atoms with van der Waals surface area (Å²) in [4.78, 5) is 23.5. The summed E-state index contributed by atoms with van der Waals surface area (Å²) in [6.07, 6.45) is 0.902. The lowest BCUT2D eigenvalue weighted by Gasteiger charge is -2.33. The Hall–Kier alpha value is -2.88. The van der Waals surface area contributed by atoms with Crippen LogP contribution in [0, 0.1) is 6.92 Å². The van der Waals surface area contributed by atoms with E-state index in [0.717, 1.165) is 20.9 Å². The van der Waals surface area contributed by atoms with Crippen molar-refractivity contribution in [3.63, 3.8) is 0 Å². The van der Waals surface area contributed by atoms with Crippen molar-refractivity contribution in [2.75, 3.05) is 38.2 Å². The molecule has 0 unspecified atom stereocenters. The van der Waals surface area contributed by atoms with E-state index in [9.17, 15) is 4.79 Å². The van der Waals surface area contributed by atoms with E-state index < -0.39 is 6.09 Å². The maximum Gasteiger partial charge on any atom is 0.407 e. The minimum Gasteiger partial charge on any atom is -0.467 e. The molecule has 3 aromatic rings. The number of hydrogen-bond donors (Lipinski definition) is 1. The van der Waals surface area contributed by atoms with E-state index in [4.69, 9.17) is 9.84 Å². The average molecular weight is 447 g/mol. The Balaban J connectivity index is 1.72. The highest BCUT2D eigenvalue weighted by Crippen LogP contribution is 2.27. The number of methoxy groups -OCH3 is 1. The number of amides is 1. The summed E-state index contributed by atoms with van der Waals surface area (Å²) >= 11 is 3.57. The molecule has 146 valence electrons. The van der Waals surface area contributed by atoms with E-state index in [2.05, 4.69) is 37.1 Å². The quantitative estimate of drug-likeness (QED) is 0.660. The van der Waals surface area contributed by atoms with Crippen LogP contribution in [0.5, 0.6) is 6.01 Å². The van der Waals surface area contributed by atoms with E-state index >= 15 is 0 Å². The Labute approximate surface area is 169 Å². The molecule has 0 bridgehead atoms. The minimum atomic E-state index is -0.899. The third-order valence-corrected chi connectivity index (χ3v) is 5.66. The highest BCUT2D eigenvalue weighted by molar-refractivity contribution is 9.10. The van der Waals surface area contributed by atoms with E-state index in [-0.39, 0.29) is 6.01 Å². The summed E-state index contributed by atoms with van der Waals surface area (Å²) in [7, 11) is 1.52. The third-order valence-electron chi connectivity index (χ3n) is 4.80. The Bertz CT molecular complexity index is 1050. The van der Waals surface area contributed by atoms with Crippen molar-refractivity contribution in [3.8, 4) is 11.8 Å². The molecule has 1 saturated heterocycles. The van der Waals surface area contributed by atoms with Crippen molar-refractivity contribution in [2.24, 2.45) is 0 Å². The third kappa shape index (κ3) is 3.35. The van der Waals surface area contributed by atoms with Crippen molar-refractivity contribution < 1.29 is 14.6 Å². The molecule has 3 heterocycles. The molecular formula is C18H19BrN6O3. The van der Waals surface area contributed by atoms with Gasteiger partial charge in [-0.25, -0.2) is 9.48 Å². The standard InChI is InChI=1S/C18H19BrN6O3/c1-11-7-12-10-20-25(14(12)8-13(11)19)16-9-15(21-17(22-16)28-2)23-3-5-24(6-4-23)18(26)27/h7-10H,3-6H2,1-2H3,(H,26,27). The zero-order chi connectivity index (χ0) is 19.8. The van der Waals surface area contributed by atoms with Crippen LogP contribution in [0.4, 0.5) is 10.6 Å². The van der Waals surface area contributed by atoms with Crippen LogP contribution in [0.2, 0.25) is 0 Å². The molecule has 9 nitrogen and oxygen atoms in total. The van der Waals surface area contributed by atoms with Gasteiger partial charge >= 0.3 is 12.1 Å². The van der Waals surface area contributed by atoms with E-state index in [0.29, 0.717) is 37.8 Å². The van der Waals surface area contributed by atoms with Crippen LogP contribution < -0.4 is 9.64 Å². The maximum atomic E-state index is 11.1. The number of aromatic nitrogens is 4. The molecule has 28 heavy (non-hydrogen) atoms. The van der Waals surface area contributed by atoms with Gasteiger partial charge in [-0.15, -0.1) is 0 Å². The number of carbonyl (C=O) groups is 1. The van der Waals surface area contributed by atoms with E-state index in [1.807, 2.05) is 24.0 Å². The Morgan fingerprint density at radius 3 is 2.54 bits per heavy atom. The average Bonchev–Trinajstić information content (AvgIpc) is 3.10. The molecule has 4 rings (SSSR count). The first-order valence-corrected chi connectivity index (χ1v) is 9.55. The molecule has 0 spiro atoms. The fraction of sp³-hybridized carbons (Fsp3) is 0.333. The Morgan fingerprint density at radius 1 is 1.14 bits per heavy atom. The smallest absolute Gasteiger partial charge is 0.407 e. The first kappa shape index (κ1) is 18.5. The number of benzene rings is 1. The van der Waals surface area contributed by atoms with Gasteiger partial charge in [0.15, 0.2) is 5.82 Å². The second kappa shape index (κ2) is 7.27. The molecule has 2 aromatic heterocycles. The van der Waals surface area contributed by atoms with Gasteiger partial charge in [0.25, 0.3) is 0 Å². The van der Waals surface area contributed by atoms with Crippen LogP contribution in [0.1, 0.15) is 5.56 Å². The molecule has 1 aliphatic heterocycles. The van der Waals surface area contributed by atoms with Gasteiger partial charge in [-0.3, -0.25) is 0 Å². The number of aryl methyl sites for hydroxylation is 1. The fourth-order valence-electron chi connectivity index (χ4n) is 3.23. The Morgan fingerprint density at radius 2 is 1.86 bits per heavy atom. The van der Waals surface area contributed by atoms with Gasteiger partial charge in [0.1, 0.15) is 5.82 Å². The van der Waals surface area contributed by atoms with Crippen LogP contribution >= 0.6 is 15.9 Å². The van der Waals surface area contributed by atoms with Gasteiger partial charge in [-0.05, 0) is 24.6 Å². The monoisotopic (exact) mass is 446 g/mol. The van der Waals surface area contributed by atoms with Crippen molar-refractivity contribution in [3.05, 3.63) is 34.4 Å². The van der Waals surface area contributed by atoms with Crippen LogP contribution in [-0.2, 0) is 0 Å². The van der Waals surface area contributed by atoms with Crippen molar-refractivity contribution in [2.45, 2.75) is 6.92 Å². The van der Waals surface area contributed by atoms with Gasteiger partial charge < -0.3 is 19.6 Å². The second-order valence-electron chi connectivity index (χ2n) is 6.54. The van der Waals surface area contributed by atoms with E-state index in [1.165, 1.54) is 12.0 Å². The van der Waals surface area contributed by atoms with Gasteiger partial charge in [0.05, 0.1) is 18.8 Å². The summed E-state index contributed by atoms with van der Waals surface area (Å²) in [5.74, 6) is 1.27. The summed E-state index contributed by atoms with van der Waals surface area (Å²) in [5.41, 5.74) is 2.05. The topological polar surface area (TPSA) is 96.6 Å². The number of anilines is 1. The number of fused-ring (bicyclic) bond motifs is 1. The number of piperazine rings is 1. The molecule has 1 N–H and O–H groups in total. The number of ether oxygens (including phenoxy) is 1. The first-order valence-electron chi connectivity index (χ1n) is 8.76. The zero-order valence-electron chi connectivity index (χ0n) is 15.5. The van der Waals surface area contributed by atoms with Gasteiger partial charge in [-0.1, -0.05) is 15.9 Å². The number of halogens is 1. The summed E-state index contributed by atoms with van der Waals surface area (Å²) in [5, 5.41) is 14.6. The van der Waals surface area contributed by atoms with Crippen LogP contribution in [0.25, 0.3) is 16.7 Å². The number of rotatable bonds is 3. The predicted octanol–water partition coefficient (Wildman–Crippen LogP) is 2.70. The van der Waals surface area contributed by atoms with Crippen molar-refractivity contribution >= 4 is 38.7 Å². The largest absolute Gasteiger partial charge is 0.467 e. The number of carboxylic acid groups (broad SMARTS) is 1. The Kier molecular flexibility index (Phi) is 4.80. The summed E-state index contributed by atoms with van der Waals surface area (Å²) in [6.45, 7) is 3.98. The molecule has 0 atom stereocenters. The SMILES string of the molecule is COc1nc(N2CCN(C(=O)O)CC2)cc(-n2ncc3cc(C)c(Br)cc32)n1. The molecule has 0 saturated carbocycles. The van der Waals surface area contributed by atoms with Gasteiger partial charge in [-0.2, -0.15) is 15.1 Å². The lowest BCUT2D eigenvalue weighted by Crippen LogP contribution is -2.48. The van der Waals surface area contributed by atoms with Crippen LogP contribution in [-0.4, -0.2) is 69.1 Å². The molecule has 0 radical (unpaired) electrons. The zero-order valence-corrected chi connectivity index (χ0v) is 17.0. The fourth-order valence-corrected chi connectivity index (χ4v) is 3.57. The summed E-state index contributed by atoms with van der Waals surface area (Å²) < 4.78 is 8.04. The molecule has 10 heteroatoms. The normalized spacial score (nSPS) is 14.5. The molecule has 1 aromatic carbocycles. The number of nitrogens with zero attached hydrogens (tertiary/aromatic N) is 6.